The van der Waals surface area contributed by atoms with E-state index < -0.39 is 0 Å². The van der Waals surface area contributed by atoms with Crippen LogP contribution in [-0.4, -0.2) is 49.6 Å². The second-order valence-corrected chi connectivity index (χ2v) is 8.17. The third-order valence-corrected chi connectivity index (χ3v) is 5.56. The van der Waals surface area contributed by atoms with Gasteiger partial charge in [-0.15, -0.1) is 11.8 Å². The van der Waals surface area contributed by atoms with Crippen molar-refractivity contribution in [3.63, 3.8) is 0 Å². The van der Waals surface area contributed by atoms with Gasteiger partial charge in [0.2, 0.25) is 5.91 Å². The first-order valence-electron chi connectivity index (χ1n) is 10.3. The van der Waals surface area contributed by atoms with Gasteiger partial charge in [0.1, 0.15) is 5.75 Å². The maximum atomic E-state index is 11.9. The van der Waals surface area contributed by atoms with Crippen LogP contribution in [0.25, 0.3) is 0 Å². The predicted molar refractivity (Wildman–Crippen MR) is 121 cm³/mol. The SMILES string of the molecule is O=C(COc1ccc(/C=N\NC(=O)CCSc2ccccc2)cc1)NC[C@H]1CCCO1. The number of carbonyl (C=O) groups excluding carboxylic acids is 2. The molecular formula is C23H27N3O4S. The monoisotopic (exact) mass is 441 g/mol. The maximum absolute atomic E-state index is 11.9. The van der Waals surface area contributed by atoms with Gasteiger partial charge in [-0.1, -0.05) is 18.2 Å². The Morgan fingerprint density at radius 2 is 1.94 bits per heavy atom. The smallest absolute Gasteiger partial charge is 0.258 e. The number of nitrogens with zero attached hydrogens (tertiary/aromatic N) is 1. The lowest BCUT2D eigenvalue weighted by Gasteiger charge is -2.11. The summed E-state index contributed by atoms with van der Waals surface area (Å²) in [5.41, 5.74) is 3.35. The zero-order chi connectivity index (χ0) is 21.7. The number of rotatable bonds is 11. The molecule has 1 heterocycles. The van der Waals surface area contributed by atoms with Crippen LogP contribution in [0, 0.1) is 0 Å². The number of carbonyl (C=O) groups is 2. The molecular weight excluding hydrogens is 414 g/mol. The van der Waals surface area contributed by atoms with Gasteiger partial charge in [0.15, 0.2) is 6.61 Å². The fourth-order valence-corrected chi connectivity index (χ4v) is 3.77. The van der Waals surface area contributed by atoms with Crippen LogP contribution in [0.3, 0.4) is 0 Å². The molecule has 1 aliphatic heterocycles. The van der Waals surface area contributed by atoms with E-state index >= 15 is 0 Å². The zero-order valence-corrected chi connectivity index (χ0v) is 18.1. The summed E-state index contributed by atoms with van der Waals surface area (Å²) in [5, 5.41) is 6.80. The van der Waals surface area contributed by atoms with Gasteiger partial charge >= 0.3 is 0 Å². The Balaban J connectivity index is 1.30. The standard InChI is InChI=1S/C23H27N3O4S/c27-22(12-14-31-21-6-2-1-3-7-21)26-25-15-18-8-10-19(11-9-18)30-17-23(28)24-16-20-5-4-13-29-20/h1-3,6-11,15,20H,4-5,12-14,16-17H2,(H,24,28)(H,26,27)/b25-15-/t20-/m1/s1. The highest BCUT2D eigenvalue weighted by molar-refractivity contribution is 7.99. The molecule has 1 fully saturated rings. The summed E-state index contributed by atoms with van der Waals surface area (Å²) < 4.78 is 11.0. The van der Waals surface area contributed by atoms with E-state index in [4.69, 9.17) is 9.47 Å². The summed E-state index contributed by atoms with van der Waals surface area (Å²) in [4.78, 5) is 24.8. The largest absolute Gasteiger partial charge is 0.484 e. The molecule has 2 N–H and O–H groups in total. The number of amides is 2. The van der Waals surface area contributed by atoms with Crippen LogP contribution in [0.2, 0.25) is 0 Å². The Bertz CT molecular complexity index is 853. The minimum atomic E-state index is -0.172. The van der Waals surface area contributed by atoms with Gasteiger partial charge < -0.3 is 14.8 Å². The Morgan fingerprint density at radius 1 is 1.13 bits per heavy atom. The van der Waals surface area contributed by atoms with Crippen LogP contribution in [0.15, 0.2) is 64.6 Å². The lowest BCUT2D eigenvalue weighted by atomic mass is 10.2. The summed E-state index contributed by atoms with van der Waals surface area (Å²) in [5.74, 6) is 0.980. The quantitative estimate of drug-likeness (QED) is 0.318. The number of hydrazone groups is 1. The van der Waals surface area contributed by atoms with Gasteiger partial charge in [-0.25, -0.2) is 5.43 Å². The maximum Gasteiger partial charge on any atom is 0.258 e. The average Bonchev–Trinajstić information content (AvgIpc) is 3.32. The van der Waals surface area contributed by atoms with E-state index in [9.17, 15) is 9.59 Å². The van der Waals surface area contributed by atoms with E-state index in [0.29, 0.717) is 24.5 Å². The molecule has 164 valence electrons. The molecule has 8 heteroatoms. The van der Waals surface area contributed by atoms with Gasteiger partial charge in [0, 0.05) is 30.2 Å². The topological polar surface area (TPSA) is 89.0 Å². The summed E-state index contributed by atoms with van der Waals surface area (Å²) in [6.07, 6.45) is 4.10. The first-order chi connectivity index (χ1) is 15.2. The molecule has 0 aliphatic carbocycles. The summed E-state index contributed by atoms with van der Waals surface area (Å²) in [7, 11) is 0. The fraction of sp³-hybridized carbons (Fsp3) is 0.348. The Hall–Kier alpha value is -2.84. The molecule has 7 nitrogen and oxygen atoms in total. The van der Waals surface area contributed by atoms with Gasteiger partial charge in [-0.2, -0.15) is 5.10 Å². The second kappa shape index (κ2) is 12.8. The van der Waals surface area contributed by atoms with Crippen LogP contribution >= 0.6 is 11.8 Å². The molecule has 1 aliphatic rings. The molecule has 0 spiro atoms. The minimum absolute atomic E-state index is 0.0444. The average molecular weight is 442 g/mol. The number of thioether (sulfide) groups is 1. The lowest BCUT2D eigenvalue weighted by molar-refractivity contribution is -0.123. The first kappa shape index (κ1) is 22.8. The Morgan fingerprint density at radius 3 is 2.68 bits per heavy atom. The zero-order valence-electron chi connectivity index (χ0n) is 17.3. The summed E-state index contributed by atoms with van der Waals surface area (Å²) >= 11 is 1.63. The molecule has 3 rings (SSSR count). The van der Waals surface area contributed by atoms with Crippen LogP contribution in [0.1, 0.15) is 24.8 Å². The van der Waals surface area contributed by atoms with Crippen LogP contribution in [0.5, 0.6) is 5.75 Å². The van der Waals surface area contributed by atoms with Gasteiger partial charge in [0.05, 0.1) is 12.3 Å². The Labute approximate surface area is 186 Å². The number of hydrogen-bond acceptors (Lipinski definition) is 6. The summed E-state index contributed by atoms with van der Waals surface area (Å²) in [6, 6.07) is 17.1. The number of ether oxygens (including phenoxy) is 2. The number of benzene rings is 2. The van der Waals surface area contributed by atoms with Crippen LogP contribution in [0.4, 0.5) is 0 Å². The van der Waals surface area contributed by atoms with Crippen molar-refractivity contribution in [2.75, 3.05) is 25.5 Å². The molecule has 1 atom stereocenters. The third-order valence-electron chi connectivity index (χ3n) is 4.54. The molecule has 2 aromatic carbocycles. The highest BCUT2D eigenvalue weighted by atomic mass is 32.2. The molecule has 0 bridgehead atoms. The molecule has 31 heavy (non-hydrogen) atoms. The Kier molecular flexibility index (Phi) is 9.40. The van der Waals surface area contributed by atoms with Gasteiger partial charge in [-0.3, -0.25) is 9.59 Å². The predicted octanol–water partition coefficient (Wildman–Crippen LogP) is 2.99. The molecule has 2 aromatic rings. The molecule has 0 radical (unpaired) electrons. The van der Waals surface area contributed by atoms with E-state index in [0.717, 1.165) is 29.9 Å². The van der Waals surface area contributed by atoms with E-state index in [-0.39, 0.29) is 24.5 Å². The summed E-state index contributed by atoms with van der Waals surface area (Å²) in [6.45, 7) is 1.25. The first-order valence-corrected chi connectivity index (χ1v) is 11.3. The number of nitrogens with one attached hydrogen (secondary N) is 2. The van der Waals surface area contributed by atoms with E-state index in [1.54, 1.807) is 42.2 Å². The van der Waals surface area contributed by atoms with Crippen molar-refractivity contribution in [2.24, 2.45) is 5.10 Å². The van der Waals surface area contributed by atoms with Gasteiger partial charge in [-0.05, 0) is 54.8 Å². The van der Waals surface area contributed by atoms with Crippen LogP contribution in [-0.2, 0) is 14.3 Å². The molecule has 1 saturated heterocycles. The van der Waals surface area contributed by atoms with Crippen molar-refractivity contribution in [3.8, 4) is 5.75 Å². The van der Waals surface area contributed by atoms with Crippen molar-refractivity contribution in [1.29, 1.82) is 0 Å². The molecule has 0 aromatic heterocycles. The second-order valence-electron chi connectivity index (χ2n) is 7.00. The van der Waals surface area contributed by atoms with E-state index in [1.165, 1.54) is 0 Å². The van der Waals surface area contributed by atoms with Crippen molar-refractivity contribution in [2.45, 2.75) is 30.3 Å². The van der Waals surface area contributed by atoms with Gasteiger partial charge in [0.25, 0.3) is 5.91 Å². The third kappa shape index (κ3) is 8.82. The molecule has 0 unspecified atom stereocenters. The van der Waals surface area contributed by atoms with Crippen molar-refractivity contribution < 1.29 is 19.1 Å². The highest BCUT2D eigenvalue weighted by Gasteiger charge is 2.16. The minimum Gasteiger partial charge on any atom is -0.484 e. The highest BCUT2D eigenvalue weighted by Crippen LogP contribution is 2.17. The van der Waals surface area contributed by atoms with Crippen LogP contribution < -0.4 is 15.5 Å². The van der Waals surface area contributed by atoms with E-state index in [2.05, 4.69) is 15.8 Å². The number of hydrogen-bond donors (Lipinski definition) is 2. The molecule has 0 saturated carbocycles. The fourth-order valence-electron chi connectivity index (χ4n) is 2.90. The van der Waals surface area contributed by atoms with Crippen molar-refractivity contribution in [3.05, 3.63) is 60.2 Å². The van der Waals surface area contributed by atoms with Crippen molar-refractivity contribution in [1.82, 2.24) is 10.7 Å². The molecule has 2 amide bonds. The lowest BCUT2D eigenvalue weighted by Crippen LogP contribution is -2.35. The normalized spacial score (nSPS) is 15.7. The van der Waals surface area contributed by atoms with E-state index in [1.807, 2.05) is 30.3 Å². The van der Waals surface area contributed by atoms with Crippen molar-refractivity contribution >= 4 is 29.8 Å².